The highest BCUT2D eigenvalue weighted by Crippen LogP contribution is 2.28. The molecule has 4 nitrogen and oxygen atoms in total. The number of hydrogen-bond acceptors (Lipinski definition) is 3. The average molecular weight is 357 g/mol. The number of rotatable bonds is 8. The summed E-state index contributed by atoms with van der Waals surface area (Å²) < 4.78 is 6.81. The second kappa shape index (κ2) is 9.05. The number of carbonyl (C=O) groups excluding carboxylic acids is 1. The van der Waals surface area contributed by atoms with Crippen LogP contribution in [-0.2, 0) is 4.79 Å². The fourth-order valence-electron chi connectivity index (χ4n) is 2.05. The number of benzene rings is 1. The van der Waals surface area contributed by atoms with Crippen molar-refractivity contribution in [3.05, 3.63) is 28.2 Å². The molecule has 2 N–H and O–H groups in total. The van der Waals surface area contributed by atoms with E-state index in [9.17, 15) is 4.79 Å². The van der Waals surface area contributed by atoms with Crippen molar-refractivity contribution >= 4 is 21.8 Å². The molecule has 0 saturated heterocycles. The summed E-state index contributed by atoms with van der Waals surface area (Å²) in [5, 5.41) is 6.23. The van der Waals surface area contributed by atoms with Crippen molar-refractivity contribution in [3.63, 3.8) is 0 Å². The maximum Gasteiger partial charge on any atom is 0.223 e. The Labute approximate surface area is 135 Å². The molecule has 0 spiro atoms. The van der Waals surface area contributed by atoms with Gasteiger partial charge in [0.15, 0.2) is 0 Å². The van der Waals surface area contributed by atoms with E-state index in [-0.39, 0.29) is 18.0 Å². The molecule has 0 radical (unpaired) electrons. The van der Waals surface area contributed by atoms with Crippen LogP contribution in [-0.4, -0.2) is 25.1 Å². The van der Waals surface area contributed by atoms with E-state index in [0.29, 0.717) is 13.0 Å². The minimum atomic E-state index is 0.0170. The van der Waals surface area contributed by atoms with E-state index < -0.39 is 0 Å². The van der Waals surface area contributed by atoms with Gasteiger partial charge in [0.05, 0.1) is 13.0 Å². The Morgan fingerprint density at radius 3 is 2.67 bits per heavy atom. The van der Waals surface area contributed by atoms with Gasteiger partial charge < -0.3 is 15.4 Å². The third kappa shape index (κ3) is 6.48. The summed E-state index contributed by atoms with van der Waals surface area (Å²) in [5.74, 6) is 0.840. The molecule has 0 aliphatic rings. The molecule has 5 heteroatoms. The van der Waals surface area contributed by atoms with E-state index in [4.69, 9.17) is 4.74 Å². The molecule has 118 valence electrons. The second-order valence-corrected chi connectivity index (χ2v) is 6.20. The fraction of sp³-hybridized carbons (Fsp3) is 0.562. The molecule has 0 saturated carbocycles. The molecule has 0 aromatic heterocycles. The molecule has 0 aliphatic carbocycles. The Kier molecular flexibility index (Phi) is 7.75. The summed E-state index contributed by atoms with van der Waals surface area (Å²) in [7, 11) is 0. The van der Waals surface area contributed by atoms with Gasteiger partial charge in [0.2, 0.25) is 5.91 Å². The Morgan fingerprint density at radius 2 is 2.05 bits per heavy atom. The van der Waals surface area contributed by atoms with Crippen LogP contribution in [0.2, 0.25) is 0 Å². The van der Waals surface area contributed by atoms with E-state index in [0.717, 1.165) is 22.3 Å². The maximum absolute atomic E-state index is 11.6. The first-order valence-electron chi connectivity index (χ1n) is 7.39. The molecule has 21 heavy (non-hydrogen) atoms. The first-order valence-corrected chi connectivity index (χ1v) is 8.18. The van der Waals surface area contributed by atoms with Gasteiger partial charge in [0.25, 0.3) is 0 Å². The molecule has 1 aromatic carbocycles. The van der Waals surface area contributed by atoms with Gasteiger partial charge in [-0.3, -0.25) is 4.79 Å². The van der Waals surface area contributed by atoms with E-state index in [1.54, 1.807) is 0 Å². The molecule has 0 fully saturated rings. The lowest BCUT2D eigenvalue weighted by Crippen LogP contribution is -2.31. The van der Waals surface area contributed by atoms with E-state index >= 15 is 0 Å². The van der Waals surface area contributed by atoms with Crippen LogP contribution in [0.1, 0.15) is 45.7 Å². The monoisotopic (exact) mass is 356 g/mol. The molecule has 0 bridgehead atoms. The summed E-state index contributed by atoms with van der Waals surface area (Å²) in [6, 6.07) is 6.30. The summed E-state index contributed by atoms with van der Waals surface area (Å²) in [5.41, 5.74) is 1.09. The van der Waals surface area contributed by atoms with Crippen LogP contribution in [0.25, 0.3) is 0 Å². The van der Waals surface area contributed by atoms with Gasteiger partial charge in [-0.1, -0.05) is 22.9 Å². The number of ether oxygens (including phenoxy) is 1. The zero-order valence-electron chi connectivity index (χ0n) is 13.2. The van der Waals surface area contributed by atoms with Crippen LogP contribution in [0.4, 0.5) is 0 Å². The largest absolute Gasteiger partial charge is 0.493 e. The zero-order valence-corrected chi connectivity index (χ0v) is 14.8. The first-order chi connectivity index (χ1) is 9.93. The highest BCUT2D eigenvalue weighted by Gasteiger charge is 2.12. The van der Waals surface area contributed by atoms with Crippen LogP contribution in [0, 0.1) is 0 Å². The molecule has 1 rings (SSSR count). The minimum Gasteiger partial charge on any atom is -0.493 e. The second-order valence-electron chi connectivity index (χ2n) is 5.28. The lowest BCUT2D eigenvalue weighted by atomic mass is 10.1. The molecular formula is C16H25BrN2O2. The zero-order chi connectivity index (χ0) is 15.8. The average Bonchev–Trinajstić information content (AvgIpc) is 2.39. The number of amides is 1. The van der Waals surface area contributed by atoms with Gasteiger partial charge in [0.1, 0.15) is 5.75 Å². The number of nitrogens with one attached hydrogen (secondary N) is 2. The van der Waals surface area contributed by atoms with Crippen molar-refractivity contribution in [1.82, 2.24) is 10.6 Å². The Bertz CT molecular complexity index is 464. The molecule has 0 aliphatic heterocycles. The highest BCUT2D eigenvalue weighted by atomic mass is 79.9. The Morgan fingerprint density at radius 1 is 1.33 bits per heavy atom. The van der Waals surface area contributed by atoms with Crippen LogP contribution in [0.5, 0.6) is 5.75 Å². The van der Waals surface area contributed by atoms with Crippen molar-refractivity contribution in [1.29, 1.82) is 0 Å². The van der Waals surface area contributed by atoms with Crippen LogP contribution in [0.3, 0.4) is 0 Å². The minimum absolute atomic E-state index is 0.0170. The molecule has 0 heterocycles. The van der Waals surface area contributed by atoms with Crippen molar-refractivity contribution in [3.8, 4) is 5.75 Å². The number of hydrogen-bond donors (Lipinski definition) is 2. The third-order valence-corrected chi connectivity index (χ3v) is 3.48. The summed E-state index contributed by atoms with van der Waals surface area (Å²) in [4.78, 5) is 11.6. The maximum atomic E-state index is 11.6. The third-order valence-electron chi connectivity index (χ3n) is 2.99. The van der Waals surface area contributed by atoms with Gasteiger partial charge in [0, 0.05) is 22.1 Å². The summed E-state index contributed by atoms with van der Waals surface area (Å²) >= 11 is 3.49. The number of carbonyl (C=O) groups is 1. The lowest BCUT2D eigenvalue weighted by Gasteiger charge is -2.18. The van der Waals surface area contributed by atoms with Crippen molar-refractivity contribution in [2.75, 3.05) is 13.2 Å². The van der Waals surface area contributed by atoms with E-state index in [1.165, 1.54) is 0 Å². The quantitative estimate of drug-likeness (QED) is 0.750. The van der Waals surface area contributed by atoms with Gasteiger partial charge >= 0.3 is 0 Å². The smallest absolute Gasteiger partial charge is 0.223 e. The predicted molar refractivity (Wildman–Crippen MR) is 89.6 cm³/mol. The lowest BCUT2D eigenvalue weighted by molar-refractivity contribution is -0.122. The predicted octanol–water partition coefficient (Wildman–Crippen LogP) is 3.41. The van der Waals surface area contributed by atoms with Gasteiger partial charge in [-0.15, -0.1) is 0 Å². The summed E-state index contributed by atoms with van der Waals surface area (Å²) in [6.45, 7) is 9.35. The highest BCUT2D eigenvalue weighted by molar-refractivity contribution is 9.10. The molecule has 1 unspecified atom stereocenters. The first kappa shape index (κ1) is 18.0. The van der Waals surface area contributed by atoms with E-state index in [1.807, 2.05) is 26.0 Å². The SMILES string of the molecule is CCNC(C)c1cc(Br)ccc1OCCC(=O)NC(C)C. The van der Waals surface area contributed by atoms with Gasteiger partial charge in [-0.25, -0.2) is 0 Å². The summed E-state index contributed by atoms with van der Waals surface area (Å²) in [6.07, 6.45) is 0.364. The van der Waals surface area contributed by atoms with Crippen LogP contribution >= 0.6 is 15.9 Å². The van der Waals surface area contributed by atoms with Crippen molar-refractivity contribution < 1.29 is 9.53 Å². The molecular weight excluding hydrogens is 332 g/mol. The standard InChI is InChI=1S/C16H25BrN2O2/c1-5-18-12(4)14-10-13(17)6-7-15(14)21-9-8-16(20)19-11(2)3/h6-7,10-12,18H,5,8-9H2,1-4H3,(H,19,20). The topological polar surface area (TPSA) is 50.4 Å². The molecule has 1 aromatic rings. The van der Waals surface area contributed by atoms with Gasteiger partial charge in [-0.05, 0) is 45.5 Å². The number of halogens is 1. The fourth-order valence-corrected chi connectivity index (χ4v) is 2.43. The van der Waals surface area contributed by atoms with E-state index in [2.05, 4.69) is 46.5 Å². The van der Waals surface area contributed by atoms with Crippen LogP contribution in [0.15, 0.2) is 22.7 Å². The van der Waals surface area contributed by atoms with Crippen molar-refractivity contribution in [2.24, 2.45) is 0 Å². The van der Waals surface area contributed by atoms with Crippen LogP contribution < -0.4 is 15.4 Å². The Hall–Kier alpha value is -1.07. The van der Waals surface area contributed by atoms with Gasteiger partial charge in [-0.2, -0.15) is 0 Å². The molecule has 1 atom stereocenters. The normalized spacial score (nSPS) is 12.3. The Balaban J connectivity index is 2.64. The molecule has 1 amide bonds. The van der Waals surface area contributed by atoms with Crippen molar-refractivity contribution in [2.45, 2.75) is 46.2 Å².